The Labute approximate surface area is 161 Å². The zero-order chi connectivity index (χ0) is 20.8. The van der Waals surface area contributed by atoms with Gasteiger partial charge < -0.3 is 15.5 Å². The summed E-state index contributed by atoms with van der Waals surface area (Å²) < 4.78 is 13.1. The van der Waals surface area contributed by atoms with E-state index in [2.05, 4.69) is 10.6 Å². The molecule has 2 aromatic carbocycles. The molecular formula is C19H21FN4O4. The van der Waals surface area contributed by atoms with Crippen molar-refractivity contribution < 1.29 is 18.9 Å². The number of nitro benzene ring substituents is 1. The summed E-state index contributed by atoms with van der Waals surface area (Å²) in [4.78, 5) is 36.4. The van der Waals surface area contributed by atoms with Crippen LogP contribution in [0.25, 0.3) is 0 Å². The van der Waals surface area contributed by atoms with Gasteiger partial charge in [-0.1, -0.05) is 18.2 Å². The number of benzene rings is 2. The molecule has 0 aliphatic rings. The Balaban J connectivity index is 2.03. The second-order valence-corrected chi connectivity index (χ2v) is 6.45. The highest BCUT2D eigenvalue weighted by Crippen LogP contribution is 2.22. The normalized spacial score (nSPS) is 11.8. The zero-order valence-electron chi connectivity index (χ0n) is 15.7. The number of carbonyl (C=O) groups is 2. The molecule has 2 N–H and O–H groups in total. The van der Waals surface area contributed by atoms with Gasteiger partial charge in [0.05, 0.1) is 16.7 Å². The van der Waals surface area contributed by atoms with Gasteiger partial charge in [0, 0.05) is 18.7 Å². The highest BCUT2D eigenvalue weighted by atomic mass is 19.1. The molecule has 1 atom stereocenters. The van der Waals surface area contributed by atoms with Gasteiger partial charge in [0.2, 0.25) is 0 Å². The Hall–Kier alpha value is -3.33. The molecule has 28 heavy (non-hydrogen) atoms. The monoisotopic (exact) mass is 388 g/mol. The molecule has 0 fully saturated rings. The third-order valence-corrected chi connectivity index (χ3v) is 4.22. The summed E-state index contributed by atoms with van der Waals surface area (Å²) in [6.45, 7) is 1.78. The molecule has 0 heterocycles. The fourth-order valence-electron chi connectivity index (χ4n) is 2.59. The van der Waals surface area contributed by atoms with Crippen LogP contribution in [-0.2, 0) is 9.59 Å². The summed E-state index contributed by atoms with van der Waals surface area (Å²) in [7, 11) is 3.60. The first-order valence-electron chi connectivity index (χ1n) is 8.45. The molecule has 8 nitrogen and oxygen atoms in total. The summed E-state index contributed by atoms with van der Waals surface area (Å²) in [5.41, 5.74) is 1.37. The molecule has 148 valence electrons. The molecule has 0 aliphatic heterocycles. The van der Waals surface area contributed by atoms with Crippen molar-refractivity contribution in [1.29, 1.82) is 0 Å². The number of aryl methyl sites for hydroxylation is 1. The molecule has 0 aliphatic carbocycles. The van der Waals surface area contributed by atoms with Gasteiger partial charge in [0.1, 0.15) is 5.82 Å². The lowest BCUT2D eigenvalue weighted by Gasteiger charge is -2.25. The maximum Gasteiger partial charge on any atom is 0.313 e. The largest absolute Gasteiger partial charge is 0.346 e. The minimum atomic E-state index is -0.930. The lowest BCUT2D eigenvalue weighted by atomic mass is 10.1. The maximum absolute atomic E-state index is 13.1. The fourth-order valence-corrected chi connectivity index (χ4v) is 2.59. The van der Waals surface area contributed by atoms with E-state index in [-0.39, 0.29) is 29.8 Å². The molecule has 2 amide bonds. The Morgan fingerprint density at radius 1 is 1.14 bits per heavy atom. The highest BCUT2D eigenvalue weighted by Gasteiger charge is 2.20. The minimum Gasteiger partial charge on any atom is -0.346 e. The number of nitro groups is 1. The summed E-state index contributed by atoms with van der Waals surface area (Å²) in [5, 5.41) is 15.8. The number of likely N-dealkylation sites (N-methyl/N-ethyl adjacent to an activating group) is 1. The van der Waals surface area contributed by atoms with E-state index in [1.165, 1.54) is 30.3 Å². The molecule has 0 spiro atoms. The molecular weight excluding hydrogens is 367 g/mol. The van der Waals surface area contributed by atoms with Crippen LogP contribution in [-0.4, -0.2) is 42.3 Å². The summed E-state index contributed by atoms with van der Waals surface area (Å²) in [6, 6.07) is 9.60. The van der Waals surface area contributed by atoms with Gasteiger partial charge in [-0.3, -0.25) is 19.7 Å². The van der Waals surface area contributed by atoms with E-state index in [1.807, 2.05) is 4.90 Å². The standard InChI is InChI=1S/C19H21FN4O4/c1-12-4-9-15(24(27)28)10-16(12)22-19(26)18(25)21-11-17(23(2)3)13-5-7-14(20)8-6-13/h4-10,17H,11H2,1-3H3,(H,21,25)(H,22,26)/t17-/m1/s1. The van der Waals surface area contributed by atoms with Crippen LogP contribution < -0.4 is 10.6 Å². The zero-order valence-corrected chi connectivity index (χ0v) is 15.7. The van der Waals surface area contributed by atoms with Gasteiger partial charge in [-0.15, -0.1) is 0 Å². The van der Waals surface area contributed by atoms with Crippen molar-refractivity contribution in [2.75, 3.05) is 26.0 Å². The van der Waals surface area contributed by atoms with Crippen LogP contribution in [0.15, 0.2) is 42.5 Å². The predicted molar refractivity (Wildman–Crippen MR) is 102 cm³/mol. The minimum absolute atomic E-state index is 0.124. The van der Waals surface area contributed by atoms with Crippen molar-refractivity contribution in [2.45, 2.75) is 13.0 Å². The number of amides is 2. The first-order chi connectivity index (χ1) is 13.2. The van der Waals surface area contributed by atoms with Gasteiger partial charge in [-0.25, -0.2) is 4.39 Å². The molecule has 0 saturated carbocycles. The number of carbonyl (C=O) groups excluding carboxylic acids is 2. The van der Waals surface area contributed by atoms with Gasteiger partial charge in [-0.2, -0.15) is 0 Å². The van der Waals surface area contributed by atoms with E-state index in [0.29, 0.717) is 5.56 Å². The van der Waals surface area contributed by atoms with Crippen molar-refractivity contribution in [2.24, 2.45) is 0 Å². The average molecular weight is 388 g/mol. The molecule has 2 aromatic rings. The smallest absolute Gasteiger partial charge is 0.313 e. The number of hydrogen-bond donors (Lipinski definition) is 2. The number of hydrogen-bond acceptors (Lipinski definition) is 5. The molecule has 2 rings (SSSR count). The van der Waals surface area contributed by atoms with E-state index in [1.54, 1.807) is 33.2 Å². The highest BCUT2D eigenvalue weighted by molar-refractivity contribution is 6.39. The Morgan fingerprint density at radius 2 is 1.79 bits per heavy atom. The summed E-state index contributed by atoms with van der Waals surface area (Å²) in [5.74, 6) is -2.17. The van der Waals surface area contributed by atoms with Crippen molar-refractivity contribution in [1.82, 2.24) is 10.2 Å². The average Bonchev–Trinajstić information content (AvgIpc) is 2.64. The van der Waals surface area contributed by atoms with Crippen LogP contribution in [0.5, 0.6) is 0 Å². The Kier molecular flexibility index (Phi) is 6.78. The lowest BCUT2D eigenvalue weighted by molar-refractivity contribution is -0.384. The number of halogens is 1. The SMILES string of the molecule is Cc1ccc([N+](=O)[O-])cc1NC(=O)C(=O)NC[C@H](c1ccc(F)cc1)N(C)C. The van der Waals surface area contributed by atoms with Crippen LogP contribution in [0.2, 0.25) is 0 Å². The van der Waals surface area contributed by atoms with E-state index >= 15 is 0 Å². The topological polar surface area (TPSA) is 105 Å². The van der Waals surface area contributed by atoms with Crippen LogP contribution >= 0.6 is 0 Å². The van der Waals surface area contributed by atoms with Crippen LogP contribution in [0, 0.1) is 22.9 Å². The molecule has 0 saturated heterocycles. The summed E-state index contributed by atoms with van der Waals surface area (Å²) in [6.07, 6.45) is 0. The fraction of sp³-hybridized carbons (Fsp3) is 0.263. The number of nitrogens with one attached hydrogen (secondary N) is 2. The van der Waals surface area contributed by atoms with E-state index < -0.39 is 16.7 Å². The van der Waals surface area contributed by atoms with Crippen molar-refractivity contribution in [3.8, 4) is 0 Å². The molecule has 0 aromatic heterocycles. The number of anilines is 1. The third-order valence-electron chi connectivity index (χ3n) is 4.22. The van der Waals surface area contributed by atoms with Gasteiger partial charge in [0.15, 0.2) is 0 Å². The lowest BCUT2D eigenvalue weighted by Crippen LogP contribution is -2.40. The van der Waals surface area contributed by atoms with E-state index in [0.717, 1.165) is 5.56 Å². The Morgan fingerprint density at radius 3 is 2.36 bits per heavy atom. The molecule has 9 heteroatoms. The van der Waals surface area contributed by atoms with E-state index in [4.69, 9.17) is 0 Å². The third kappa shape index (κ3) is 5.34. The van der Waals surface area contributed by atoms with Crippen LogP contribution in [0.1, 0.15) is 17.2 Å². The molecule has 0 unspecified atom stereocenters. The molecule has 0 bridgehead atoms. The second-order valence-electron chi connectivity index (χ2n) is 6.45. The first-order valence-corrected chi connectivity index (χ1v) is 8.45. The number of nitrogens with zero attached hydrogens (tertiary/aromatic N) is 2. The van der Waals surface area contributed by atoms with E-state index in [9.17, 15) is 24.1 Å². The van der Waals surface area contributed by atoms with Crippen molar-refractivity contribution in [3.05, 3.63) is 69.5 Å². The van der Waals surface area contributed by atoms with Crippen LogP contribution in [0.3, 0.4) is 0 Å². The molecule has 0 radical (unpaired) electrons. The number of rotatable bonds is 6. The van der Waals surface area contributed by atoms with Crippen LogP contribution in [0.4, 0.5) is 15.8 Å². The predicted octanol–water partition coefficient (Wildman–Crippen LogP) is 2.40. The van der Waals surface area contributed by atoms with Gasteiger partial charge in [-0.05, 0) is 44.3 Å². The van der Waals surface area contributed by atoms with Gasteiger partial charge in [0.25, 0.3) is 5.69 Å². The first kappa shape index (κ1) is 21.0. The van der Waals surface area contributed by atoms with Crippen molar-refractivity contribution >= 4 is 23.2 Å². The van der Waals surface area contributed by atoms with Gasteiger partial charge >= 0.3 is 11.8 Å². The van der Waals surface area contributed by atoms with Crippen molar-refractivity contribution in [3.63, 3.8) is 0 Å². The Bertz CT molecular complexity index is 884. The second kappa shape index (κ2) is 9.05. The summed E-state index contributed by atoms with van der Waals surface area (Å²) >= 11 is 0. The quantitative estimate of drug-likeness (QED) is 0.449. The maximum atomic E-state index is 13.1. The number of non-ortho nitro benzene ring substituents is 1.